The van der Waals surface area contributed by atoms with E-state index in [1.54, 1.807) is 0 Å². The van der Waals surface area contributed by atoms with Crippen LogP contribution in [0.2, 0.25) is 0 Å². The lowest BCUT2D eigenvalue weighted by molar-refractivity contribution is -0.122. The van der Waals surface area contributed by atoms with Crippen LogP contribution in [0.25, 0.3) is 0 Å². The average molecular weight is 302 g/mol. The molecule has 2 aromatic rings. The van der Waals surface area contributed by atoms with Gasteiger partial charge in [0.15, 0.2) is 6.10 Å². The number of nitrogens with zero attached hydrogens (tertiary/aromatic N) is 1. The second-order valence-corrected chi connectivity index (χ2v) is 4.48. The van der Waals surface area contributed by atoms with Crippen LogP contribution in [0.15, 0.2) is 42.5 Å². The van der Waals surface area contributed by atoms with Crippen LogP contribution in [0.4, 0.5) is 14.5 Å². The summed E-state index contributed by atoms with van der Waals surface area (Å²) in [7, 11) is 0. The van der Waals surface area contributed by atoms with E-state index in [-0.39, 0.29) is 0 Å². The molecule has 6 heteroatoms. The van der Waals surface area contributed by atoms with Crippen LogP contribution in [0.3, 0.4) is 0 Å². The molecule has 0 saturated carbocycles. The fourth-order valence-electron chi connectivity index (χ4n) is 1.71. The Morgan fingerprint density at radius 2 is 1.77 bits per heavy atom. The van der Waals surface area contributed by atoms with E-state index in [1.165, 1.54) is 37.3 Å². The molecule has 0 heterocycles. The lowest BCUT2D eigenvalue weighted by Gasteiger charge is -2.15. The van der Waals surface area contributed by atoms with Crippen LogP contribution < -0.4 is 10.1 Å². The Hall–Kier alpha value is -2.94. The number of benzene rings is 2. The van der Waals surface area contributed by atoms with Crippen molar-refractivity contribution in [2.75, 3.05) is 5.32 Å². The van der Waals surface area contributed by atoms with E-state index in [9.17, 15) is 13.6 Å². The number of amides is 1. The molecule has 2 aromatic carbocycles. The molecule has 2 rings (SSSR count). The highest BCUT2D eigenvalue weighted by molar-refractivity contribution is 5.94. The summed E-state index contributed by atoms with van der Waals surface area (Å²) in [4.78, 5) is 11.9. The van der Waals surface area contributed by atoms with Crippen LogP contribution in [-0.4, -0.2) is 12.0 Å². The molecule has 0 aliphatic heterocycles. The van der Waals surface area contributed by atoms with E-state index < -0.39 is 29.3 Å². The number of nitriles is 1. The van der Waals surface area contributed by atoms with Gasteiger partial charge in [0.1, 0.15) is 23.1 Å². The Bertz CT molecular complexity index is 704. The van der Waals surface area contributed by atoms with Crippen LogP contribution in [-0.2, 0) is 4.79 Å². The van der Waals surface area contributed by atoms with E-state index in [0.29, 0.717) is 11.3 Å². The first-order valence-electron chi connectivity index (χ1n) is 6.43. The van der Waals surface area contributed by atoms with Gasteiger partial charge < -0.3 is 10.1 Å². The maximum Gasteiger partial charge on any atom is 0.265 e. The summed E-state index contributed by atoms with van der Waals surface area (Å²) in [5, 5.41) is 10.8. The van der Waals surface area contributed by atoms with Gasteiger partial charge in [0.25, 0.3) is 5.91 Å². The third-order valence-corrected chi connectivity index (χ3v) is 2.88. The molecule has 112 valence electrons. The maximum atomic E-state index is 13.5. The van der Waals surface area contributed by atoms with Gasteiger partial charge >= 0.3 is 0 Å². The highest BCUT2D eigenvalue weighted by atomic mass is 19.1. The normalized spacial score (nSPS) is 11.4. The lowest BCUT2D eigenvalue weighted by Crippen LogP contribution is -2.30. The second kappa shape index (κ2) is 6.68. The minimum Gasteiger partial charge on any atom is -0.481 e. The largest absolute Gasteiger partial charge is 0.481 e. The molecular formula is C16H12F2N2O2. The molecule has 0 radical (unpaired) electrons. The van der Waals surface area contributed by atoms with Crippen LogP contribution in [0.5, 0.6) is 5.75 Å². The number of halogens is 2. The lowest BCUT2D eigenvalue weighted by atomic mass is 10.2. The molecule has 0 aliphatic rings. The summed E-state index contributed by atoms with van der Waals surface area (Å²) in [6.07, 6.45) is -0.966. The monoisotopic (exact) mass is 302 g/mol. The second-order valence-electron chi connectivity index (χ2n) is 4.48. The number of anilines is 1. The predicted molar refractivity (Wildman–Crippen MR) is 76.2 cm³/mol. The molecule has 0 saturated heterocycles. The van der Waals surface area contributed by atoms with Gasteiger partial charge in [-0.1, -0.05) is 6.07 Å². The Morgan fingerprint density at radius 1 is 1.18 bits per heavy atom. The van der Waals surface area contributed by atoms with E-state index in [1.807, 2.05) is 6.07 Å². The maximum absolute atomic E-state index is 13.5. The number of hydrogen-bond donors (Lipinski definition) is 1. The van der Waals surface area contributed by atoms with Crippen LogP contribution in [0.1, 0.15) is 12.5 Å². The zero-order valence-corrected chi connectivity index (χ0v) is 11.6. The topological polar surface area (TPSA) is 62.1 Å². The molecule has 0 bridgehead atoms. The van der Waals surface area contributed by atoms with E-state index in [0.717, 1.165) is 12.1 Å². The quantitative estimate of drug-likeness (QED) is 0.943. The van der Waals surface area contributed by atoms with Gasteiger partial charge in [0, 0.05) is 0 Å². The number of hydrogen-bond acceptors (Lipinski definition) is 3. The van der Waals surface area contributed by atoms with Crippen molar-refractivity contribution >= 4 is 11.6 Å². The van der Waals surface area contributed by atoms with Crippen molar-refractivity contribution in [3.63, 3.8) is 0 Å². The van der Waals surface area contributed by atoms with Crippen molar-refractivity contribution in [3.8, 4) is 11.8 Å². The van der Waals surface area contributed by atoms with E-state index in [2.05, 4.69) is 5.32 Å². The molecule has 22 heavy (non-hydrogen) atoms. The van der Waals surface area contributed by atoms with Crippen LogP contribution >= 0.6 is 0 Å². The molecule has 1 amide bonds. The van der Waals surface area contributed by atoms with Gasteiger partial charge in [-0.05, 0) is 43.3 Å². The molecular weight excluding hydrogens is 290 g/mol. The molecule has 0 fully saturated rings. The molecule has 1 unspecified atom stereocenters. The van der Waals surface area contributed by atoms with Gasteiger partial charge in [0.2, 0.25) is 0 Å². The molecule has 1 N–H and O–H groups in total. The number of ether oxygens (including phenoxy) is 1. The highest BCUT2D eigenvalue weighted by Gasteiger charge is 2.18. The van der Waals surface area contributed by atoms with Crippen molar-refractivity contribution in [2.45, 2.75) is 13.0 Å². The number of carbonyl (C=O) groups excluding carboxylic acids is 1. The van der Waals surface area contributed by atoms with Gasteiger partial charge in [-0.15, -0.1) is 0 Å². The first-order valence-corrected chi connectivity index (χ1v) is 6.43. The number of rotatable bonds is 4. The molecule has 1 atom stereocenters. The van der Waals surface area contributed by atoms with E-state index >= 15 is 0 Å². The minimum atomic E-state index is -0.966. The summed E-state index contributed by atoms with van der Waals surface area (Å²) in [5.74, 6) is -2.04. The van der Waals surface area contributed by atoms with Gasteiger partial charge in [-0.3, -0.25) is 4.79 Å². The summed E-state index contributed by atoms with van der Waals surface area (Å²) in [6, 6.07) is 11.4. The third-order valence-electron chi connectivity index (χ3n) is 2.88. The smallest absolute Gasteiger partial charge is 0.265 e. The zero-order valence-electron chi connectivity index (χ0n) is 11.6. The summed E-state index contributed by atoms with van der Waals surface area (Å²) >= 11 is 0. The first kappa shape index (κ1) is 15.4. The summed E-state index contributed by atoms with van der Waals surface area (Å²) in [5.41, 5.74) is -0.0549. The van der Waals surface area contributed by atoms with Gasteiger partial charge in [-0.2, -0.15) is 5.26 Å². The SMILES string of the molecule is CC(Oc1ccc(C#N)cc1)C(=O)Nc1c(F)cccc1F. The van der Waals surface area contributed by atoms with Gasteiger partial charge in [-0.25, -0.2) is 8.78 Å². The predicted octanol–water partition coefficient (Wildman–Crippen LogP) is 3.24. The summed E-state index contributed by atoms with van der Waals surface area (Å²) in [6.45, 7) is 1.45. The molecule has 4 nitrogen and oxygen atoms in total. The van der Waals surface area contributed by atoms with Crippen molar-refractivity contribution in [1.82, 2.24) is 0 Å². The Kier molecular flexibility index (Phi) is 4.69. The minimum absolute atomic E-state index is 0.371. The number of carbonyl (C=O) groups is 1. The Morgan fingerprint density at radius 3 is 2.32 bits per heavy atom. The van der Waals surface area contributed by atoms with Crippen molar-refractivity contribution in [2.24, 2.45) is 0 Å². The zero-order chi connectivity index (χ0) is 16.1. The summed E-state index contributed by atoms with van der Waals surface area (Å²) < 4.78 is 32.3. The fraction of sp³-hybridized carbons (Fsp3) is 0.125. The highest BCUT2D eigenvalue weighted by Crippen LogP contribution is 2.19. The fourth-order valence-corrected chi connectivity index (χ4v) is 1.71. The number of nitrogens with one attached hydrogen (secondary N) is 1. The first-order chi connectivity index (χ1) is 10.5. The average Bonchev–Trinajstić information content (AvgIpc) is 2.51. The molecule has 0 spiro atoms. The Labute approximate surface area is 125 Å². The van der Waals surface area contributed by atoms with Crippen molar-refractivity contribution in [3.05, 3.63) is 59.7 Å². The third kappa shape index (κ3) is 3.58. The van der Waals surface area contributed by atoms with Crippen molar-refractivity contribution in [1.29, 1.82) is 5.26 Å². The number of para-hydroxylation sites is 1. The standard InChI is InChI=1S/C16H12F2N2O2/c1-10(22-12-7-5-11(9-19)6-8-12)16(21)20-15-13(17)3-2-4-14(15)18/h2-8,10H,1H3,(H,20,21). The van der Waals surface area contributed by atoms with Crippen LogP contribution in [0, 0.1) is 23.0 Å². The van der Waals surface area contributed by atoms with E-state index in [4.69, 9.17) is 10.00 Å². The molecule has 0 aliphatic carbocycles. The van der Waals surface area contributed by atoms with Gasteiger partial charge in [0.05, 0.1) is 11.6 Å². The molecule has 0 aromatic heterocycles. The Balaban J connectivity index is 2.04. The van der Waals surface area contributed by atoms with Crippen molar-refractivity contribution < 1.29 is 18.3 Å².